The average Bonchev–Trinajstić information content (AvgIpc) is 3.18. The molecule has 0 amide bonds. The zero-order valence-corrected chi connectivity index (χ0v) is 19.1. The number of halogens is 2. The maximum atomic E-state index is 12.9. The summed E-state index contributed by atoms with van der Waals surface area (Å²) in [6, 6.07) is 13.1. The van der Waals surface area contributed by atoms with Crippen molar-refractivity contribution in [3.63, 3.8) is 0 Å². The highest BCUT2D eigenvalue weighted by Gasteiger charge is 2.27. The molecular weight excluding hydrogens is 441 g/mol. The van der Waals surface area contributed by atoms with E-state index in [0.29, 0.717) is 19.0 Å². The van der Waals surface area contributed by atoms with E-state index in [0.717, 1.165) is 25.9 Å². The summed E-state index contributed by atoms with van der Waals surface area (Å²) in [5, 5.41) is 1.62. The summed E-state index contributed by atoms with van der Waals surface area (Å²) < 4.78 is 27.1. The number of para-hydroxylation sites is 1. The third-order valence-corrected chi connectivity index (χ3v) is 8.81. The van der Waals surface area contributed by atoms with Gasteiger partial charge in [0.05, 0.1) is 10.0 Å². The van der Waals surface area contributed by atoms with Crippen LogP contribution in [-0.2, 0) is 10.0 Å². The Morgan fingerprint density at radius 3 is 2.60 bits per heavy atom. The van der Waals surface area contributed by atoms with Gasteiger partial charge in [-0.25, -0.2) is 8.42 Å². The molecule has 0 saturated carbocycles. The fourth-order valence-electron chi connectivity index (χ4n) is 4.15. The van der Waals surface area contributed by atoms with Gasteiger partial charge in [0.25, 0.3) is 0 Å². The van der Waals surface area contributed by atoms with E-state index in [4.69, 9.17) is 23.2 Å². The van der Waals surface area contributed by atoms with E-state index in [1.807, 2.05) is 6.07 Å². The van der Waals surface area contributed by atoms with E-state index in [-0.39, 0.29) is 14.9 Å². The first-order valence-electron chi connectivity index (χ1n) is 10.1. The van der Waals surface area contributed by atoms with Crippen LogP contribution in [0.15, 0.2) is 53.6 Å². The minimum Gasteiger partial charge on any atom is -0.361 e. The quantitative estimate of drug-likeness (QED) is 0.558. The summed E-state index contributed by atoms with van der Waals surface area (Å²) in [7, 11) is -2.09. The molecule has 1 N–H and O–H groups in total. The van der Waals surface area contributed by atoms with Gasteiger partial charge in [-0.15, -0.1) is 0 Å². The number of nitrogens with one attached hydrogen (secondary N) is 1. The Labute approximate surface area is 187 Å². The zero-order chi connectivity index (χ0) is 21.3. The second-order valence-electron chi connectivity index (χ2n) is 7.78. The van der Waals surface area contributed by atoms with Crippen molar-refractivity contribution in [1.82, 2.24) is 14.2 Å². The summed E-state index contributed by atoms with van der Waals surface area (Å²) in [6.45, 7) is 3.00. The largest absolute Gasteiger partial charge is 0.361 e. The Hall–Kier alpha value is -1.57. The molecule has 160 valence electrons. The zero-order valence-electron chi connectivity index (χ0n) is 16.8. The fourth-order valence-corrected chi connectivity index (χ4v) is 6.05. The molecule has 1 fully saturated rings. The van der Waals surface area contributed by atoms with Crippen molar-refractivity contribution in [3.8, 4) is 0 Å². The van der Waals surface area contributed by atoms with Crippen LogP contribution in [-0.4, -0.2) is 55.8 Å². The highest BCUT2D eigenvalue weighted by Crippen LogP contribution is 2.33. The van der Waals surface area contributed by atoms with Crippen molar-refractivity contribution in [3.05, 3.63) is 64.3 Å². The van der Waals surface area contributed by atoms with E-state index in [9.17, 15) is 8.42 Å². The highest BCUT2D eigenvalue weighted by atomic mass is 35.5. The van der Waals surface area contributed by atoms with Crippen LogP contribution < -0.4 is 0 Å². The number of likely N-dealkylation sites (N-methyl/N-ethyl adjacent to an activating group) is 1. The van der Waals surface area contributed by atoms with Gasteiger partial charge in [0.1, 0.15) is 4.90 Å². The van der Waals surface area contributed by atoms with E-state index < -0.39 is 10.0 Å². The van der Waals surface area contributed by atoms with Gasteiger partial charge >= 0.3 is 0 Å². The minimum absolute atomic E-state index is 0.0530. The Morgan fingerprint density at radius 1 is 1.10 bits per heavy atom. The first-order valence-corrected chi connectivity index (χ1v) is 12.3. The molecule has 0 bridgehead atoms. The van der Waals surface area contributed by atoms with Crippen molar-refractivity contribution >= 4 is 44.1 Å². The summed E-state index contributed by atoms with van der Waals surface area (Å²) in [6.07, 6.45) is 4.27. The normalized spacial score (nSPS) is 16.5. The lowest BCUT2D eigenvalue weighted by atomic mass is 9.89. The predicted octanol–water partition coefficient (Wildman–Crippen LogP) is 4.97. The summed E-state index contributed by atoms with van der Waals surface area (Å²) in [5.74, 6) is 0.532. The van der Waals surface area contributed by atoms with Crippen LogP contribution in [0.25, 0.3) is 10.9 Å². The molecule has 0 radical (unpaired) electrons. The van der Waals surface area contributed by atoms with Crippen molar-refractivity contribution in [2.75, 3.05) is 33.2 Å². The average molecular weight is 466 g/mol. The van der Waals surface area contributed by atoms with Crippen molar-refractivity contribution in [2.45, 2.75) is 23.7 Å². The second kappa shape index (κ2) is 8.89. The number of fused-ring (bicyclic) bond motifs is 1. The molecule has 1 aliphatic heterocycles. The summed E-state index contributed by atoms with van der Waals surface area (Å²) in [4.78, 5) is 5.75. The second-order valence-corrected chi connectivity index (χ2v) is 10.6. The van der Waals surface area contributed by atoms with Crippen LogP contribution in [0.4, 0.5) is 0 Å². The number of aromatic amines is 1. The number of hydrogen-bond acceptors (Lipinski definition) is 3. The molecule has 5 nitrogen and oxygen atoms in total. The Balaban J connectivity index is 1.35. The van der Waals surface area contributed by atoms with Crippen LogP contribution in [0.1, 0.15) is 24.3 Å². The molecule has 1 aliphatic rings. The number of H-pyrrole nitrogens is 1. The highest BCUT2D eigenvalue weighted by molar-refractivity contribution is 7.89. The number of aromatic nitrogens is 1. The number of rotatable bonds is 6. The molecule has 0 atom stereocenters. The number of likely N-dealkylation sites (tertiary alicyclic amines) is 1. The molecule has 2 aromatic carbocycles. The lowest BCUT2D eigenvalue weighted by molar-refractivity contribution is 0.204. The molecule has 8 heteroatoms. The maximum absolute atomic E-state index is 12.9. The first-order chi connectivity index (χ1) is 14.4. The molecule has 4 rings (SSSR count). The van der Waals surface area contributed by atoms with Gasteiger partial charge in [0, 0.05) is 37.2 Å². The number of piperidine rings is 1. The molecular formula is C22H25Cl2N3O2S. The minimum atomic E-state index is -3.68. The van der Waals surface area contributed by atoms with Crippen molar-refractivity contribution in [1.29, 1.82) is 0 Å². The lowest BCUT2D eigenvalue weighted by Gasteiger charge is -2.33. The molecule has 1 aromatic heterocycles. The Morgan fingerprint density at radius 2 is 1.83 bits per heavy atom. The maximum Gasteiger partial charge on any atom is 0.244 e. The monoisotopic (exact) mass is 465 g/mol. The molecule has 1 saturated heterocycles. The standard InChI is InChI=1S/C22H25Cl2N3O2S/c1-26(30(28,29)21-8-4-6-19(23)22(21)24)13-14-27-11-9-16(10-12-27)18-15-25-20-7-3-2-5-17(18)20/h2-8,15-16,25H,9-14H2,1H3. The number of sulfonamides is 1. The smallest absolute Gasteiger partial charge is 0.244 e. The third-order valence-electron chi connectivity index (χ3n) is 5.98. The van der Waals surface area contributed by atoms with Gasteiger partial charge in [-0.1, -0.05) is 47.5 Å². The Kier molecular flexibility index (Phi) is 6.42. The molecule has 2 heterocycles. The number of benzene rings is 2. The molecule has 3 aromatic rings. The topological polar surface area (TPSA) is 56.4 Å². The van der Waals surface area contributed by atoms with Gasteiger partial charge in [0.15, 0.2) is 0 Å². The number of hydrogen-bond donors (Lipinski definition) is 1. The molecule has 30 heavy (non-hydrogen) atoms. The van der Waals surface area contributed by atoms with E-state index >= 15 is 0 Å². The van der Waals surface area contributed by atoms with Gasteiger partial charge < -0.3 is 9.88 Å². The molecule has 0 aliphatic carbocycles. The SMILES string of the molecule is CN(CCN1CCC(c2c[nH]c3ccccc23)CC1)S(=O)(=O)c1cccc(Cl)c1Cl. The Bertz CT molecular complexity index is 1140. The van der Waals surface area contributed by atoms with Gasteiger partial charge in [-0.3, -0.25) is 0 Å². The van der Waals surface area contributed by atoms with Gasteiger partial charge in [0.2, 0.25) is 10.0 Å². The van der Waals surface area contributed by atoms with Crippen molar-refractivity contribution < 1.29 is 8.42 Å². The number of nitrogens with zero attached hydrogens (tertiary/aromatic N) is 2. The summed E-state index contributed by atoms with van der Waals surface area (Å²) in [5.41, 5.74) is 2.57. The van der Waals surface area contributed by atoms with Crippen molar-refractivity contribution in [2.24, 2.45) is 0 Å². The molecule has 0 spiro atoms. The lowest BCUT2D eigenvalue weighted by Crippen LogP contribution is -2.40. The van der Waals surface area contributed by atoms with Crippen LogP contribution in [0.3, 0.4) is 0 Å². The van der Waals surface area contributed by atoms with Crippen LogP contribution in [0.2, 0.25) is 10.0 Å². The van der Waals surface area contributed by atoms with Crippen LogP contribution in [0, 0.1) is 0 Å². The van der Waals surface area contributed by atoms with E-state index in [2.05, 4.69) is 34.3 Å². The molecule has 0 unspecified atom stereocenters. The predicted molar refractivity (Wildman–Crippen MR) is 123 cm³/mol. The summed E-state index contributed by atoms with van der Waals surface area (Å²) >= 11 is 12.1. The van der Waals surface area contributed by atoms with Gasteiger partial charge in [-0.2, -0.15) is 4.31 Å². The first kappa shape index (κ1) is 21.7. The third kappa shape index (κ3) is 4.25. The van der Waals surface area contributed by atoms with Crippen LogP contribution in [0.5, 0.6) is 0 Å². The van der Waals surface area contributed by atoms with E-state index in [1.54, 1.807) is 19.2 Å². The fraction of sp³-hybridized carbons (Fsp3) is 0.364. The van der Waals surface area contributed by atoms with Crippen LogP contribution >= 0.6 is 23.2 Å². The van der Waals surface area contributed by atoms with E-state index in [1.165, 1.54) is 26.8 Å². The van der Waals surface area contributed by atoms with Gasteiger partial charge in [-0.05, 0) is 55.6 Å².